The molecule has 0 aliphatic rings. The van der Waals surface area contributed by atoms with E-state index in [0.29, 0.717) is 25.8 Å². The first-order valence-corrected chi connectivity index (χ1v) is 9.11. The lowest BCUT2D eigenvalue weighted by atomic mass is 10.1. The van der Waals surface area contributed by atoms with Crippen molar-refractivity contribution < 1.29 is 13.7 Å². The minimum absolute atomic E-state index is 0.188. The fourth-order valence-corrected chi connectivity index (χ4v) is 2.84. The third-order valence-electron chi connectivity index (χ3n) is 4.43. The monoisotopic (exact) mass is 396 g/mol. The van der Waals surface area contributed by atoms with Crippen LogP contribution in [-0.4, -0.2) is 34.9 Å². The zero-order chi connectivity index (χ0) is 20.2. The second-order valence-corrected chi connectivity index (χ2v) is 6.60. The summed E-state index contributed by atoms with van der Waals surface area (Å²) in [5.41, 5.74) is 2.87. The quantitative estimate of drug-likeness (QED) is 0.454. The number of likely N-dealkylation sites (N-methyl/N-ethyl adjacent to an activating group) is 1. The van der Waals surface area contributed by atoms with E-state index in [9.17, 15) is 9.59 Å². The van der Waals surface area contributed by atoms with Crippen LogP contribution in [0.1, 0.15) is 11.1 Å². The highest BCUT2D eigenvalue weighted by atomic mass is 16.5. The fourth-order valence-electron chi connectivity index (χ4n) is 2.84. The number of para-hydroxylation sites is 2. The van der Waals surface area contributed by atoms with Crippen LogP contribution in [0, 0.1) is 0 Å². The van der Waals surface area contributed by atoms with Gasteiger partial charge in [-0.3, -0.25) is 0 Å². The van der Waals surface area contributed by atoms with Crippen LogP contribution < -0.4 is 16.3 Å². The second-order valence-electron chi connectivity index (χ2n) is 6.60. The van der Waals surface area contributed by atoms with Crippen molar-refractivity contribution in [2.24, 2.45) is 0 Å². The van der Waals surface area contributed by atoms with Gasteiger partial charge in [-0.15, -0.1) is 4.74 Å². The summed E-state index contributed by atoms with van der Waals surface area (Å²) in [5.74, 6) is -0.761. The summed E-state index contributed by atoms with van der Waals surface area (Å²) in [5, 5.41) is 0. The van der Waals surface area contributed by atoms with Crippen molar-refractivity contribution in [1.29, 1.82) is 0 Å². The molecule has 2 aromatic carbocycles. The number of anilines is 1. The molecule has 0 fully saturated rings. The van der Waals surface area contributed by atoms with Crippen LogP contribution in [0.4, 0.5) is 6.01 Å². The Labute approximate surface area is 165 Å². The van der Waals surface area contributed by atoms with Crippen LogP contribution in [-0.2, 0) is 17.9 Å². The van der Waals surface area contributed by atoms with Gasteiger partial charge in [0, 0.05) is 13.6 Å². The van der Waals surface area contributed by atoms with Gasteiger partial charge in [0.15, 0.2) is 5.58 Å². The molecule has 0 aliphatic carbocycles. The maximum Gasteiger partial charge on any atom is 0.440 e. The van der Waals surface area contributed by atoms with Crippen molar-refractivity contribution in [2.45, 2.75) is 13.2 Å². The Morgan fingerprint density at radius 1 is 1.10 bits per heavy atom. The molecule has 4 rings (SSSR count). The molecule has 0 atom stereocenters. The molecule has 0 saturated heterocycles. The summed E-state index contributed by atoms with van der Waals surface area (Å²) in [6.07, 6.45) is 0. The Bertz CT molecular complexity index is 1170. The van der Waals surface area contributed by atoms with Crippen molar-refractivity contribution in [3.63, 3.8) is 0 Å². The molecule has 0 spiro atoms. The maximum absolute atomic E-state index is 11.5. The first-order valence-electron chi connectivity index (χ1n) is 9.11. The number of aromatic nitrogens is 3. The molecule has 0 radical (unpaired) electrons. The lowest BCUT2D eigenvalue weighted by molar-refractivity contribution is 0.127. The molecule has 0 unspecified atom stereocenters. The smallest absolute Gasteiger partial charge is 0.423 e. The summed E-state index contributed by atoms with van der Waals surface area (Å²) < 4.78 is 17.2. The van der Waals surface area contributed by atoms with Crippen molar-refractivity contribution in [1.82, 2.24) is 14.7 Å². The molecular formula is C20H20N4O5. The van der Waals surface area contributed by atoms with Crippen LogP contribution in [0.3, 0.4) is 0 Å². The number of nitrogens with zero attached hydrogens (tertiary/aromatic N) is 3. The van der Waals surface area contributed by atoms with Gasteiger partial charge >= 0.3 is 11.4 Å². The Kier molecular flexibility index (Phi) is 5.30. The Balaban J connectivity index is 1.25. The van der Waals surface area contributed by atoms with Gasteiger partial charge in [0.2, 0.25) is 0 Å². The molecule has 150 valence electrons. The molecule has 0 bridgehead atoms. The average molecular weight is 396 g/mol. The van der Waals surface area contributed by atoms with Crippen LogP contribution in [0.15, 0.2) is 67.1 Å². The number of aromatic amines is 1. The molecule has 0 amide bonds. The SMILES string of the molecule is CN(CCOCc1ccc(Cn2oc(=O)[nH]c2=O)cc1)c1nc2ccccc2o1. The zero-order valence-electron chi connectivity index (χ0n) is 15.8. The molecule has 1 N–H and O–H groups in total. The highest BCUT2D eigenvalue weighted by molar-refractivity contribution is 5.74. The van der Waals surface area contributed by atoms with Gasteiger partial charge in [-0.1, -0.05) is 36.4 Å². The predicted octanol–water partition coefficient (Wildman–Crippen LogP) is 1.97. The molecule has 2 heterocycles. The number of ether oxygens (including phenoxy) is 1. The van der Waals surface area contributed by atoms with E-state index >= 15 is 0 Å². The van der Waals surface area contributed by atoms with E-state index in [1.54, 1.807) is 0 Å². The zero-order valence-corrected chi connectivity index (χ0v) is 15.8. The molecule has 0 saturated carbocycles. The molecule has 29 heavy (non-hydrogen) atoms. The van der Waals surface area contributed by atoms with E-state index in [2.05, 4.69) is 9.97 Å². The minimum atomic E-state index is -0.761. The minimum Gasteiger partial charge on any atom is -0.423 e. The summed E-state index contributed by atoms with van der Waals surface area (Å²) in [4.78, 5) is 30.9. The maximum atomic E-state index is 11.5. The number of hydrogen-bond donors (Lipinski definition) is 1. The number of benzene rings is 2. The van der Waals surface area contributed by atoms with Gasteiger partial charge in [-0.25, -0.2) is 14.6 Å². The van der Waals surface area contributed by atoms with E-state index in [1.807, 2.05) is 60.5 Å². The van der Waals surface area contributed by atoms with Gasteiger partial charge in [-0.05, 0) is 23.3 Å². The Morgan fingerprint density at radius 3 is 2.59 bits per heavy atom. The standard InChI is InChI=1S/C20H20N4O5/c1-23(19-21-16-4-2-3-5-17(16)28-19)10-11-27-13-15-8-6-14(7-9-15)12-24-18(25)22-20(26)29-24/h2-9H,10-13H2,1H3,(H,22,25,26). The average Bonchev–Trinajstić information content (AvgIpc) is 3.29. The van der Waals surface area contributed by atoms with E-state index in [1.165, 1.54) is 0 Å². The normalized spacial score (nSPS) is 11.2. The number of hydrogen-bond acceptors (Lipinski definition) is 7. The summed E-state index contributed by atoms with van der Waals surface area (Å²) in [6.45, 7) is 1.80. The van der Waals surface area contributed by atoms with Gasteiger partial charge in [0.25, 0.3) is 6.01 Å². The number of nitrogens with one attached hydrogen (secondary N) is 1. The lowest BCUT2D eigenvalue weighted by Crippen LogP contribution is -2.22. The summed E-state index contributed by atoms with van der Waals surface area (Å²) in [7, 11) is 1.91. The van der Waals surface area contributed by atoms with Gasteiger partial charge in [0.1, 0.15) is 5.52 Å². The summed E-state index contributed by atoms with van der Waals surface area (Å²) >= 11 is 0. The summed E-state index contributed by atoms with van der Waals surface area (Å²) in [6, 6.07) is 15.8. The van der Waals surface area contributed by atoms with Gasteiger partial charge in [-0.2, -0.15) is 4.98 Å². The highest BCUT2D eigenvalue weighted by Crippen LogP contribution is 2.20. The van der Waals surface area contributed by atoms with Crippen LogP contribution in [0.25, 0.3) is 11.1 Å². The van der Waals surface area contributed by atoms with Crippen LogP contribution in [0.2, 0.25) is 0 Å². The Morgan fingerprint density at radius 2 is 1.86 bits per heavy atom. The lowest BCUT2D eigenvalue weighted by Gasteiger charge is -2.14. The number of H-pyrrole nitrogens is 1. The van der Waals surface area contributed by atoms with Crippen LogP contribution in [0.5, 0.6) is 0 Å². The van der Waals surface area contributed by atoms with E-state index in [4.69, 9.17) is 13.7 Å². The molecule has 2 aromatic heterocycles. The molecule has 4 aromatic rings. The Hall–Kier alpha value is -3.59. The first kappa shape index (κ1) is 18.8. The number of oxazole rings is 1. The van der Waals surface area contributed by atoms with Crippen molar-refractivity contribution in [3.8, 4) is 0 Å². The fraction of sp³-hybridized carbons (Fsp3) is 0.250. The van der Waals surface area contributed by atoms with Gasteiger partial charge in [0.05, 0.1) is 19.8 Å². The highest BCUT2D eigenvalue weighted by Gasteiger charge is 2.09. The molecule has 9 nitrogen and oxygen atoms in total. The van der Waals surface area contributed by atoms with Crippen molar-refractivity contribution in [3.05, 3.63) is 80.7 Å². The third kappa shape index (κ3) is 4.46. The number of fused-ring (bicyclic) bond motifs is 1. The second kappa shape index (κ2) is 8.19. The van der Waals surface area contributed by atoms with E-state index < -0.39 is 11.4 Å². The van der Waals surface area contributed by atoms with Gasteiger partial charge < -0.3 is 18.6 Å². The third-order valence-corrected chi connectivity index (χ3v) is 4.43. The molecule has 9 heteroatoms. The molecule has 0 aliphatic heterocycles. The topological polar surface area (TPSA) is 106 Å². The molecular weight excluding hydrogens is 376 g/mol. The van der Waals surface area contributed by atoms with E-state index in [-0.39, 0.29) is 6.54 Å². The van der Waals surface area contributed by atoms with Crippen molar-refractivity contribution >= 4 is 17.1 Å². The van der Waals surface area contributed by atoms with E-state index in [0.717, 1.165) is 27.0 Å². The number of rotatable bonds is 8. The first-order chi connectivity index (χ1) is 14.1. The van der Waals surface area contributed by atoms with Crippen LogP contribution >= 0.6 is 0 Å². The van der Waals surface area contributed by atoms with Crippen molar-refractivity contribution in [2.75, 3.05) is 25.1 Å². The predicted molar refractivity (Wildman–Crippen MR) is 106 cm³/mol. The largest absolute Gasteiger partial charge is 0.440 e.